The number of nitrogens with one attached hydrogen (secondary N) is 1. The molecule has 7 heteroatoms. The number of ether oxygens (including phenoxy) is 1. The summed E-state index contributed by atoms with van der Waals surface area (Å²) in [4.78, 5) is 11.9. The molecule has 1 heterocycles. The molecule has 0 radical (unpaired) electrons. The predicted octanol–water partition coefficient (Wildman–Crippen LogP) is 3.70. The molecular formula is C20H18FN3O2S. The molecule has 27 heavy (non-hydrogen) atoms. The molecule has 0 unspecified atom stereocenters. The second-order valence-electron chi connectivity index (χ2n) is 5.68. The Morgan fingerprint density at radius 3 is 2.63 bits per heavy atom. The van der Waals surface area contributed by atoms with Crippen LogP contribution in [0.5, 0.6) is 5.75 Å². The minimum Gasteiger partial charge on any atom is -0.497 e. The van der Waals surface area contributed by atoms with E-state index in [0.29, 0.717) is 11.6 Å². The van der Waals surface area contributed by atoms with Crippen molar-refractivity contribution in [2.24, 2.45) is 0 Å². The highest BCUT2D eigenvalue weighted by atomic mass is 32.2. The first-order valence-corrected chi connectivity index (χ1v) is 9.25. The minimum absolute atomic E-state index is 0.122. The number of carbonyl (C=O) groups excluding carboxylic acids is 1. The number of rotatable bonds is 7. The molecule has 1 aromatic heterocycles. The second kappa shape index (κ2) is 9.14. The maximum Gasteiger partial charge on any atom is 0.230 e. The van der Waals surface area contributed by atoms with E-state index in [2.05, 4.69) is 15.5 Å². The Morgan fingerprint density at radius 2 is 1.93 bits per heavy atom. The molecule has 0 atom stereocenters. The third-order valence-electron chi connectivity index (χ3n) is 3.76. The van der Waals surface area contributed by atoms with Gasteiger partial charge in [0.1, 0.15) is 16.6 Å². The van der Waals surface area contributed by atoms with E-state index in [-0.39, 0.29) is 17.5 Å². The van der Waals surface area contributed by atoms with Gasteiger partial charge in [0, 0.05) is 12.1 Å². The molecule has 0 aliphatic rings. The molecule has 0 saturated carbocycles. The second-order valence-corrected chi connectivity index (χ2v) is 6.68. The van der Waals surface area contributed by atoms with Gasteiger partial charge in [-0.2, -0.15) is 0 Å². The van der Waals surface area contributed by atoms with Crippen molar-refractivity contribution >= 4 is 17.7 Å². The average molecular weight is 383 g/mol. The summed E-state index contributed by atoms with van der Waals surface area (Å²) in [6, 6.07) is 17.3. The van der Waals surface area contributed by atoms with Crippen LogP contribution in [0.4, 0.5) is 4.39 Å². The lowest BCUT2D eigenvalue weighted by atomic mass is 10.1. The van der Waals surface area contributed by atoms with E-state index in [1.807, 2.05) is 36.4 Å². The molecule has 0 spiro atoms. The van der Waals surface area contributed by atoms with Crippen molar-refractivity contribution in [1.82, 2.24) is 15.5 Å². The van der Waals surface area contributed by atoms with Gasteiger partial charge in [-0.3, -0.25) is 4.79 Å². The van der Waals surface area contributed by atoms with Crippen LogP contribution >= 0.6 is 11.8 Å². The molecule has 0 saturated heterocycles. The molecule has 0 bridgehead atoms. The predicted molar refractivity (Wildman–Crippen MR) is 103 cm³/mol. The third-order valence-corrected chi connectivity index (χ3v) is 4.68. The Bertz CT molecular complexity index is 902. The number of nitrogens with zero attached hydrogens (tertiary/aromatic N) is 2. The largest absolute Gasteiger partial charge is 0.497 e. The van der Waals surface area contributed by atoms with Crippen molar-refractivity contribution < 1.29 is 13.9 Å². The van der Waals surface area contributed by atoms with Gasteiger partial charge in [0.2, 0.25) is 5.91 Å². The summed E-state index contributed by atoms with van der Waals surface area (Å²) in [5.74, 6) is 0.569. The first kappa shape index (κ1) is 18.8. The molecule has 1 amide bonds. The van der Waals surface area contributed by atoms with Crippen molar-refractivity contribution in [3.05, 3.63) is 72.0 Å². The van der Waals surface area contributed by atoms with Crippen LogP contribution < -0.4 is 10.1 Å². The number of methoxy groups -OCH3 is 1. The maximum atomic E-state index is 12.9. The fourth-order valence-electron chi connectivity index (χ4n) is 2.33. The summed E-state index contributed by atoms with van der Waals surface area (Å²) in [5, 5.41) is 11.8. The lowest BCUT2D eigenvalue weighted by Crippen LogP contribution is -2.24. The van der Waals surface area contributed by atoms with Crippen molar-refractivity contribution in [3.63, 3.8) is 0 Å². The molecule has 0 fully saturated rings. The van der Waals surface area contributed by atoms with Crippen molar-refractivity contribution in [3.8, 4) is 17.0 Å². The van der Waals surface area contributed by atoms with Crippen LogP contribution in [0, 0.1) is 5.82 Å². The van der Waals surface area contributed by atoms with Crippen molar-refractivity contribution in [2.45, 2.75) is 11.6 Å². The van der Waals surface area contributed by atoms with E-state index in [1.165, 1.54) is 23.9 Å². The van der Waals surface area contributed by atoms with E-state index < -0.39 is 0 Å². The van der Waals surface area contributed by atoms with Crippen LogP contribution in [0.3, 0.4) is 0 Å². The highest BCUT2D eigenvalue weighted by molar-refractivity contribution is 7.99. The quantitative estimate of drug-likeness (QED) is 0.630. The number of halogens is 1. The van der Waals surface area contributed by atoms with Crippen LogP contribution in [-0.4, -0.2) is 29.0 Å². The summed E-state index contributed by atoms with van der Waals surface area (Å²) in [7, 11) is 1.62. The molecule has 5 nitrogen and oxygen atoms in total. The molecule has 2 aromatic carbocycles. The maximum absolute atomic E-state index is 12.9. The first-order valence-electron chi connectivity index (χ1n) is 8.26. The van der Waals surface area contributed by atoms with E-state index in [9.17, 15) is 9.18 Å². The normalized spacial score (nSPS) is 10.4. The summed E-state index contributed by atoms with van der Waals surface area (Å²) >= 11 is 1.31. The van der Waals surface area contributed by atoms with Crippen LogP contribution in [0.2, 0.25) is 0 Å². The molecule has 3 rings (SSSR count). The van der Waals surface area contributed by atoms with E-state index >= 15 is 0 Å². The van der Waals surface area contributed by atoms with Crippen LogP contribution in [-0.2, 0) is 11.3 Å². The Balaban J connectivity index is 1.50. The van der Waals surface area contributed by atoms with Gasteiger partial charge in [-0.15, -0.1) is 10.2 Å². The summed E-state index contributed by atoms with van der Waals surface area (Å²) in [5.41, 5.74) is 2.49. The van der Waals surface area contributed by atoms with Gasteiger partial charge in [-0.25, -0.2) is 4.39 Å². The van der Waals surface area contributed by atoms with E-state index in [0.717, 1.165) is 22.6 Å². The number of carbonyl (C=O) groups is 1. The van der Waals surface area contributed by atoms with Gasteiger partial charge in [-0.1, -0.05) is 36.0 Å². The first-order chi connectivity index (χ1) is 13.1. The molecule has 0 aliphatic carbocycles. The van der Waals surface area contributed by atoms with Gasteiger partial charge >= 0.3 is 0 Å². The number of aromatic nitrogens is 2. The van der Waals surface area contributed by atoms with Crippen LogP contribution in [0.15, 0.2) is 65.7 Å². The Kier molecular flexibility index (Phi) is 6.38. The smallest absolute Gasteiger partial charge is 0.230 e. The molecule has 1 N–H and O–H groups in total. The van der Waals surface area contributed by atoms with Gasteiger partial charge in [0.05, 0.1) is 18.6 Å². The topological polar surface area (TPSA) is 64.1 Å². The zero-order valence-corrected chi connectivity index (χ0v) is 15.5. The highest BCUT2D eigenvalue weighted by Gasteiger charge is 2.06. The molecular weight excluding hydrogens is 365 g/mol. The van der Waals surface area contributed by atoms with E-state index in [4.69, 9.17) is 4.74 Å². The molecule has 138 valence electrons. The Labute approximate surface area is 161 Å². The zero-order valence-electron chi connectivity index (χ0n) is 14.7. The minimum atomic E-state index is -0.295. The number of hydrogen-bond donors (Lipinski definition) is 1. The fourth-order valence-corrected chi connectivity index (χ4v) is 2.97. The van der Waals surface area contributed by atoms with Gasteiger partial charge < -0.3 is 10.1 Å². The fraction of sp³-hybridized carbons (Fsp3) is 0.150. The lowest BCUT2D eigenvalue weighted by molar-refractivity contribution is -0.118. The van der Waals surface area contributed by atoms with Gasteiger partial charge in [-0.05, 0) is 42.0 Å². The van der Waals surface area contributed by atoms with Crippen molar-refractivity contribution in [1.29, 1.82) is 0 Å². The Hall–Kier alpha value is -2.93. The van der Waals surface area contributed by atoms with Gasteiger partial charge in [0.15, 0.2) is 0 Å². The van der Waals surface area contributed by atoms with Gasteiger partial charge in [0.25, 0.3) is 0 Å². The molecule has 3 aromatic rings. The number of thioether (sulfide) groups is 1. The van der Waals surface area contributed by atoms with Crippen molar-refractivity contribution in [2.75, 3.05) is 12.9 Å². The SMILES string of the molecule is COc1cccc(-c2ccc(SCC(=O)NCc3ccc(F)cc3)nn2)c1. The van der Waals surface area contributed by atoms with E-state index in [1.54, 1.807) is 19.2 Å². The van der Waals surface area contributed by atoms with Crippen LogP contribution in [0.1, 0.15) is 5.56 Å². The molecule has 0 aliphatic heterocycles. The number of hydrogen-bond acceptors (Lipinski definition) is 5. The average Bonchev–Trinajstić information content (AvgIpc) is 2.72. The number of benzene rings is 2. The highest BCUT2D eigenvalue weighted by Crippen LogP contribution is 2.23. The monoisotopic (exact) mass is 383 g/mol. The summed E-state index contributed by atoms with van der Waals surface area (Å²) in [6.07, 6.45) is 0. The summed E-state index contributed by atoms with van der Waals surface area (Å²) in [6.45, 7) is 0.361. The third kappa shape index (κ3) is 5.52. The lowest BCUT2D eigenvalue weighted by Gasteiger charge is -2.06. The number of amides is 1. The zero-order chi connectivity index (χ0) is 19.1. The Morgan fingerprint density at radius 1 is 1.11 bits per heavy atom. The van der Waals surface area contributed by atoms with Crippen LogP contribution in [0.25, 0.3) is 11.3 Å². The standard InChI is InChI=1S/C20H18FN3O2S/c1-26-17-4-2-3-15(11-17)18-9-10-20(24-23-18)27-13-19(25)22-12-14-5-7-16(21)8-6-14/h2-11H,12-13H2,1H3,(H,22,25). The summed E-state index contributed by atoms with van der Waals surface area (Å²) < 4.78 is 18.1.